The van der Waals surface area contributed by atoms with Crippen LogP contribution in [0.25, 0.3) is 4.96 Å². The topological polar surface area (TPSA) is 83.7 Å². The number of anilines is 1. The first-order valence-electron chi connectivity index (χ1n) is 6.13. The third-order valence-electron chi connectivity index (χ3n) is 2.91. The molecule has 3 aromatic rings. The van der Waals surface area contributed by atoms with Crippen LogP contribution in [0.1, 0.15) is 25.7 Å². The minimum Gasteiger partial charge on any atom is -0.478 e. The molecule has 2 aromatic heterocycles. The predicted molar refractivity (Wildman–Crippen MR) is 79.2 cm³/mol. The summed E-state index contributed by atoms with van der Waals surface area (Å²) in [4.78, 5) is 29.3. The molecule has 0 unspecified atom stereocenters. The lowest BCUT2D eigenvalue weighted by Gasteiger charge is -2.06. The molecule has 2 N–H and O–H groups in total. The Kier molecular flexibility index (Phi) is 3.19. The van der Waals surface area contributed by atoms with Crippen molar-refractivity contribution in [3.8, 4) is 0 Å². The van der Waals surface area contributed by atoms with Crippen molar-refractivity contribution < 1.29 is 14.7 Å². The fourth-order valence-corrected chi connectivity index (χ4v) is 2.79. The first-order chi connectivity index (χ1) is 10.0. The smallest absolute Gasteiger partial charge is 0.337 e. The lowest BCUT2D eigenvalue weighted by atomic mass is 10.2. The average molecular weight is 301 g/mol. The van der Waals surface area contributed by atoms with Gasteiger partial charge in [0.1, 0.15) is 5.69 Å². The van der Waals surface area contributed by atoms with Gasteiger partial charge in [-0.15, -0.1) is 11.3 Å². The van der Waals surface area contributed by atoms with Crippen molar-refractivity contribution >= 4 is 33.9 Å². The largest absolute Gasteiger partial charge is 0.478 e. The molecule has 3 rings (SSSR count). The number of carbonyl (C=O) groups is 2. The summed E-state index contributed by atoms with van der Waals surface area (Å²) < 4.78 is 1.78. The number of benzene rings is 1. The number of hydrogen-bond acceptors (Lipinski definition) is 4. The van der Waals surface area contributed by atoms with Gasteiger partial charge in [-0.2, -0.15) is 0 Å². The van der Waals surface area contributed by atoms with Gasteiger partial charge < -0.3 is 10.4 Å². The van der Waals surface area contributed by atoms with E-state index < -0.39 is 11.9 Å². The molecule has 0 aliphatic carbocycles. The first-order valence-corrected chi connectivity index (χ1v) is 6.95. The van der Waals surface area contributed by atoms with Crippen LogP contribution in [0.15, 0.2) is 36.7 Å². The highest BCUT2D eigenvalue weighted by Gasteiger charge is 2.16. The molecule has 0 bridgehead atoms. The van der Waals surface area contributed by atoms with Crippen molar-refractivity contribution in [3.05, 3.63) is 52.8 Å². The number of carbonyl (C=O) groups excluding carboxylic acids is 1. The Morgan fingerprint density at radius 1 is 1.29 bits per heavy atom. The van der Waals surface area contributed by atoms with E-state index in [4.69, 9.17) is 5.11 Å². The molecule has 106 valence electrons. The lowest BCUT2D eigenvalue weighted by Crippen LogP contribution is -2.15. The zero-order valence-corrected chi connectivity index (χ0v) is 11.8. The van der Waals surface area contributed by atoms with E-state index in [9.17, 15) is 9.59 Å². The average Bonchev–Trinajstić information content (AvgIpc) is 2.96. The Labute approximate surface area is 123 Å². The number of carboxylic acid groups (broad SMARTS) is 1. The summed E-state index contributed by atoms with van der Waals surface area (Å²) in [6.07, 6.45) is 3.51. The van der Waals surface area contributed by atoms with Crippen LogP contribution in [0, 0.1) is 6.92 Å². The number of carboxylic acids is 1. The molecule has 6 nitrogen and oxygen atoms in total. The van der Waals surface area contributed by atoms with Gasteiger partial charge in [0.25, 0.3) is 5.91 Å². The number of nitrogens with zero attached hydrogens (tertiary/aromatic N) is 2. The molecule has 7 heteroatoms. The zero-order chi connectivity index (χ0) is 15.0. The number of thiazole rings is 1. The fourth-order valence-electron chi connectivity index (χ4n) is 1.99. The quantitative estimate of drug-likeness (QED) is 0.779. The second-order valence-corrected chi connectivity index (χ2v) is 5.68. The van der Waals surface area contributed by atoms with Crippen molar-refractivity contribution in [1.82, 2.24) is 9.38 Å². The summed E-state index contributed by atoms with van der Waals surface area (Å²) in [7, 11) is 0. The number of aromatic nitrogens is 2. The predicted octanol–water partition coefficient (Wildman–Crippen LogP) is 2.65. The summed E-state index contributed by atoms with van der Waals surface area (Å²) in [5.74, 6) is -1.52. The van der Waals surface area contributed by atoms with E-state index in [-0.39, 0.29) is 16.9 Å². The molecule has 0 spiro atoms. The molecule has 0 aliphatic rings. The highest BCUT2D eigenvalue weighted by Crippen LogP contribution is 2.19. The van der Waals surface area contributed by atoms with E-state index in [1.807, 2.05) is 13.1 Å². The fraction of sp³-hybridized carbons (Fsp3) is 0.0714. The maximum atomic E-state index is 12.2. The molecule has 21 heavy (non-hydrogen) atoms. The molecule has 0 atom stereocenters. The number of para-hydroxylation sites is 1. The van der Waals surface area contributed by atoms with E-state index in [0.717, 1.165) is 9.84 Å². The first kappa shape index (κ1) is 13.3. The monoisotopic (exact) mass is 301 g/mol. The van der Waals surface area contributed by atoms with Crippen LogP contribution >= 0.6 is 11.3 Å². The van der Waals surface area contributed by atoms with Gasteiger partial charge in [-0.25, -0.2) is 9.78 Å². The minimum atomic E-state index is -1.09. The van der Waals surface area contributed by atoms with Crippen molar-refractivity contribution in [2.75, 3.05) is 5.32 Å². The Morgan fingerprint density at radius 3 is 2.76 bits per heavy atom. The summed E-state index contributed by atoms with van der Waals surface area (Å²) in [5, 5.41) is 11.7. The third kappa shape index (κ3) is 2.50. The van der Waals surface area contributed by atoms with Crippen molar-refractivity contribution in [1.29, 1.82) is 0 Å². The Balaban J connectivity index is 1.89. The number of nitrogens with one attached hydrogen (secondary N) is 1. The maximum absolute atomic E-state index is 12.2. The standard InChI is InChI=1S/C14H11N3O3S/c1-8-6-17-7-11(16-14(17)21-8)12(18)15-10-5-3-2-4-9(10)13(19)20/h2-7H,1H3,(H,15,18)(H,19,20). The summed E-state index contributed by atoms with van der Waals surface area (Å²) in [5.41, 5.74) is 0.548. The SMILES string of the molecule is Cc1cn2cc(C(=O)Nc3ccccc3C(=O)O)nc2s1. The lowest BCUT2D eigenvalue weighted by molar-refractivity contribution is 0.0698. The van der Waals surface area contributed by atoms with Crippen LogP contribution in [0.2, 0.25) is 0 Å². The molecular weight excluding hydrogens is 290 g/mol. The van der Waals surface area contributed by atoms with Crippen LogP contribution in [0.5, 0.6) is 0 Å². The zero-order valence-electron chi connectivity index (χ0n) is 11.0. The Hall–Kier alpha value is -2.67. The van der Waals surface area contributed by atoms with Gasteiger partial charge in [-0.3, -0.25) is 9.20 Å². The van der Waals surface area contributed by atoms with Crippen LogP contribution < -0.4 is 5.32 Å². The van der Waals surface area contributed by atoms with Crippen LogP contribution in [0.4, 0.5) is 5.69 Å². The van der Waals surface area contributed by atoms with Crippen LogP contribution in [-0.4, -0.2) is 26.4 Å². The van der Waals surface area contributed by atoms with Gasteiger partial charge >= 0.3 is 5.97 Å². The number of hydrogen-bond donors (Lipinski definition) is 2. The van der Waals surface area contributed by atoms with Gasteiger partial charge in [0.05, 0.1) is 11.3 Å². The molecule has 0 aliphatic heterocycles. The molecule has 2 heterocycles. The molecule has 0 saturated heterocycles. The molecule has 0 saturated carbocycles. The van der Waals surface area contributed by atoms with E-state index in [0.29, 0.717) is 0 Å². The van der Waals surface area contributed by atoms with E-state index in [1.165, 1.54) is 17.4 Å². The van der Waals surface area contributed by atoms with Gasteiger partial charge in [0.2, 0.25) is 0 Å². The van der Waals surface area contributed by atoms with Crippen LogP contribution in [0.3, 0.4) is 0 Å². The Morgan fingerprint density at radius 2 is 2.05 bits per heavy atom. The van der Waals surface area contributed by atoms with Gasteiger partial charge in [-0.1, -0.05) is 12.1 Å². The normalized spacial score (nSPS) is 10.7. The number of aryl methyl sites for hydroxylation is 1. The minimum absolute atomic E-state index is 0.0442. The van der Waals surface area contributed by atoms with Crippen molar-refractivity contribution in [3.63, 3.8) is 0 Å². The number of aromatic carboxylic acids is 1. The van der Waals surface area contributed by atoms with Gasteiger partial charge in [0.15, 0.2) is 4.96 Å². The van der Waals surface area contributed by atoms with Crippen molar-refractivity contribution in [2.45, 2.75) is 6.92 Å². The molecule has 0 radical (unpaired) electrons. The van der Waals surface area contributed by atoms with E-state index in [1.54, 1.807) is 28.8 Å². The maximum Gasteiger partial charge on any atom is 0.337 e. The number of amides is 1. The number of fused-ring (bicyclic) bond motifs is 1. The molecule has 1 aromatic carbocycles. The summed E-state index contributed by atoms with van der Waals surface area (Å²) in [6.45, 7) is 1.96. The highest BCUT2D eigenvalue weighted by atomic mass is 32.1. The van der Waals surface area contributed by atoms with Gasteiger partial charge in [-0.05, 0) is 19.1 Å². The summed E-state index contributed by atoms with van der Waals surface area (Å²) in [6, 6.07) is 6.25. The third-order valence-corrected chi connectivity index (χ3v) is 3.82. The highest BCUT2D eigenvalue weighted by molar-refractivity contribution is 7.17. The van der Waals surface area contributed by atoms with Crippen LogP contribution in [-0.2, 0) is 0 Å². The second kappa shape index (κ2) is 5.02. The second-order valence-electron chi connectivity index (χ2n) is 4.46. The van der Waals surface area contributed by atoms with E-state index in [2.05, 4.69) is 10.3 Å². The molecule has 0 fully saturated rings. The number of imidazole rings is 1. The summed E-state index contributed by atoms with van der Waals surface area (Å²) >= 11 is 1.48. The molecule has 1 amide bonds. The van der Waals surface area contributed by atoms with E-state index >= 15 is 0 Å². The van der Waals surface area contributed by atoms with Crippen molar-refractivity contribution in [2.24, 2.45) is 0 Å². The molecular formula is C14H11N3O3S. The number of rotatable bonds is 3. The van der Waals surface area contributed by atoms with Gasteiger partial charge in [0, 0.05) is 17.3 Å². The Bertz CT molecular complexity index is 819.